The van der Waals surface area contributed by atoms with Gasteiger partial charge in [0.15, 0.2) is 0 Å². The molecule has 2 N–H and O–H groups in total. The molecule has 0 aliphatic carbocycles. The molecule has 0 spiro atoms. The first-order chi connectivity index (χ1) is 8.56. The molecule has 1 amide bonds. The van der Waals surface area contributed by atoms with Crippen molar-refractivity contribution >= 4 is 29.0 Å². The molecular weight excluding hydrogens is 272 g/mol. The topological polar surface area (TPSA) is 73.7 Å². The summed E-state index contributed by atoms with van der Waals surface area (Å²) in [7, 11) is 0. The Morgan fingerprint density at radius 2 is 2.22 bits per heavy atom. The smallest absolute Gasteiger partial charge is 0.232 e. The van der Waals surface area contributed by atoms with Crippen molar-refractivity contribution in [3.05, 3.63) is 16.1 Å². The second kappa shape index (κ2) is 6.01. The van der Waals surface area contributed by atoms with Gasteiger partial charge in [0, 0.05) is 24.2 Å². The molecular formula is C11H16N2O3S2. The van der Waals surface area contributed by atoms with E-state index in [0.717, 1.165) is 16.5 Å². The summed E-state index contributed by atoms with van der Waals surface area (Å²) >= 11 is 3.11. The maximum atomic E-state index is 11.8. The van der Waals surface area contributed by atoms with Crippen LogP contribution in [0.25, 0.3) is 0 Å². The standard InChI is InChI=1S/C11H16N2O3S2/c1-7-12-8(5-18-7)4-17-6-11(16)13-2-9(14)10(15)3-13/h5,9-10,14-15H,2-4,6H2,1H3/t9-,10+. The van der Waals surface area contributed by atoms with Gasteiger partial charge in [-0.3, -0.25) is 4.79 Å². The number of nitrogens with zero attached hydrogens (tertiary/aromatic N) is 2. The number of carbonyl (C=O) groups is 1. The molecule has 1 aliphatic heterocycles. The summed E-state index contributed by atoms with van der Waals surface area (Å²) in [5.74, 6) is 1.04. The molecule has 1 saturated heterocycles. The fourth-order valence-electron chi connectivity index (χ4n) is 1.78. The summed E-state index contributed by atoms with van der Waals surface area (Å²) in [5, 5.41) is 21.8. The molecule has 2 atom stereocenters. The number of aliphatic hydroxyl groups excluding tert-OH is 2. The fourth-order valence-corrected chi connectivity index (χ4v) is 3.32. The molecule has 1 aromatic heterocycles. The first-order valence-electron chi connectivity index (χ1n) is 5.69. The molecule has 100 valence electrons. The van der Waals surface area contributed by atoms with E-state index >= 15 is 0 Å². The van der Waals surface area contributed by atoms with Gasteiger partial charge in [-0.25, -0.2) is 4.98 Å². The number of amides is 1. The minimum absolute atomic E-state index is 0.0393. The highest BCUT2D eigenvalue weighted by Crippen LogP contribution is 2.17. The van der Waals surface area contributed by atoms with Crippen LogP contribution in [-0.4, -0.2) is 57.1 Å². The van der Waals surface area contributed by atoms with Crippen LogP contribution in [0, 0.1) is 6.92 Å². The molecule has 1 aliphatic rings. The number of likely N-dealkylation sites (tertiary alicyclic amines) is 1. The van der Waals surface area contributed by atoms with Crippen molar-refractivity contribution in [2.75, 3.05) is 18.8 Å². The summed E-state index contributed by atoms with van der Waals surface area (Å²) in [6, 6.07) is 0. The highest BCUT2D eigenvalue weighted by molar-refractivity contribution is 7.99. The number of carbonyl (C=O) groups excluding carboxylic acids is 1. The van der Waals surface area contributed by atoms with E-state index in [1.54, 1.807) is 11.3 Å². The number of aliphatic hydroxyl groups is 2. The highest BCUT2D eigenvalue weighted by atomic mass is 32.2. The second-order valence-corrected chi connectivity index (χ2v) is 6.33. The van der Waals surface area contributed by atoms with Crippen LogP contribution in [0.4, 0.5) is 0 Å². The van der Waals surface area contributed by atoms with Gasteiger partial charge in [0.05, 0.1) is 28.7 Å². The summed E-state index contributed by atoms with van der Waals surface area (Å²) in [4.78, 5) is 17.6. The van der Waals surface area contributed by atoms with Gasteiger partial charge < -0.3 is 15.1 Å². The van der Waals surface area contributed by atoms with Crippen LogP contribution in [0.15, 0.2) is 5.38 Å². The third kappa shape index (κ3) is 3.44. The van der Waals surface area contributed by atoms with Crippen LogP contribution >= 0.6 is 23.1 Å². The van der Waals surface area contributed by atoms with E-state index in [1.807, 2.05) is 12.3 Å². The molecule has 1 fully saturated rings. The average Bonchev–Trinajstić information content (AvgIpc) is 2.87. The Bertz CT molecular complexity index is 414. The van der Waals surface area contributed by atoms with Crippen molar-refractivity contribution in [1.82, 2.24) is 9.88 Å². The lowest BCUT2D eigenvalue weighted by atomic mass is 10.3. The number of aryl methyl sites for hydroxylation is 1. The molecule has 7 heteroatoms. The van der Waals surface area contributed by atoms with Gasteiger partial charge in [-0.15, -0.1) is 23.1 Å². The van der Waals surface area contributed by atoms with Gasteiger partial charge in [-0.1, -0.05) is 0 Å². The highest BCUT2D eigenvalue weighted by Gasteiger charge is 2.32. The lowest BCUT2D eigenvalue weighted by Gasteiger charge is -2.14. The lowest BCUT2D eigenvalue weighted by Crippen LogP contribution is -2.31. The third-order valence-corrected chi connectivity index (χ3v) is 4.53. The first kappa shape index (κ1) is 13.8. The van der Waals surface area contributed by atoms with Crippen molar-refractivity contribution in [1.29, 1.82) is 0 Å². The van der Waals surface area contributed by atoms with Gasteiger partial charge in [-0.2, -0.15) is 0 Å². The number of thiazole rings is 1. The molecule has 0 unspecified atom stereocenters. The number of hydrogen-bond donors (Lipinski definition) is 2. The van der Waals surface area contributed by atoms with E-state index in [-0.39, 0.29) is 19.0 Å². The largest absolute Gasteiger partial charge is 0.388 e. The summed E-state index contributed by atoms with van der Waals surface area (Å²) in [5.41, 5.74) is 0.997. The SMILES string of the molecule is Cc1nc(CSCC(=O)N2C[C@@H](O)[C@@H](O)C2)cs1. The van der Waals surface area contributed by atoms with Crippen LogP contribution < -0.4 is 0 Å². The van der Waals surface area contributed by atoms with Crippen molar-refractivity contribution in [3.63, 3.8) is 0 Å². The molecule has 0 saturated carbocycles. The number of rotatable bonds is 4. The number of β-amino-alcohol motifs (C(OH)–C–C–N with tert-alkyl or cyclic N) is 2. The maximum Gasteiger partial charge on any atom is 0.232 e. The molecule has 2 heterocycles. The van der Waals surface area contributed by atoms with Gasteiger partial charge in [0.2, 0.25) is 5.91 Å². The summed E-state index contributed by atoms with van der Waals surface area (Å²) in [6.07, 6.45) is -1.61. The predicted octanol–water partition coefficient (Wildman–Crippen LogP) is 0.249. The predicted molar refractivity (Wildman–Crippen MR) is 71.6 cm³/mol. The van der Waals surface area contributed by atoms with Crippen molar-refractivity contribution in [3.8, 4) is 0 Å². The molecule has 18 heavy (non-hydrogen) atoms. The van der Waals surface area contributed by atoms with Crippen molar-refractivity contribution < 1.29 is 15.0 Å². The molecule has 0 aromatic carbocycles. The fraction of sp³-hybridized carbons (Fsp3) is 0.636. The van der Waals surface area contributed by atoms with Crippen LogP contribution in [0.2, 0.25) is 0 Å². The molecule has 5 nitrogen and oxygen atoms in total. The van der Waals surface area contributed by atoms with Gasteiger partial charge >= 0.3 is 0 Å². The number of hydrogen-bond acceptors (Lipinski definition) is 6. The Morgan fingerprint density at radius 1 is 1.56 bits per heavy atom. The monoisotopic (exact) mass is 288 g/mol. The normalized spacial score (nSPS) is 23.6. The van der Waals surface area contributed by atoms with Gasteiger partial charge in [-0.05, 0) is 6.92 Å². The van der Waals surface area contributed by atoms with Crippen LogP contribution in [0.5, 0.6) is 0 Å². The Kier molecular flexibility index (Phi) is 4.60. The molecule has 0 bridgehead atoms. The van der Waals surface area contributed by atoms with Crippen LogP contribution in [0.3, 0.4) is 0 Å². The molecule has 1 aromatic rings. The number of thioether (sulfide) groups is 1. The lowest BCUT2D eigenvalue weighted by molar-refractivity contribution is -0.127. The van der Waals surface area contributed by atoms with Crippen LogP contribution in [0.1, 0.15) is 10.7 Å². The summed E-state index contributed by atoms with van der Waals surface area (Å²) in [6.45, 7) is 2.42. The second-order valence-electron chi connectivity index (χ2n) is 4.28. The Hall–Kier alpha value is -0.630. The van der Waals surface area contributed by atoms with E-state index < -0.39 is 12.2 Å². The van der Waals surface area contributed by atoms with E-state index in [1.165, 1.54) is 16.7 Å². The van der Waals surface area contributed by atoms with Crippen LogP contribution in [-0.2, 0) is 10.5 Å². The van der Waals surface area contributed by atoms with E-state index in [0.29, 0.717) is 5.75 Å². The zero-order chi connectivity index (χ0) is 13.1. The molecule has 2 rings (SSSR count). The zero-order valence-corrected chi connectivity index (χ0v) is 11.7. The van der Waals surface area contributed by atoms with Gasteiger partial charge in [0.1, 0.15) is 0 Å². The maximum absolute atomic E-state index is 11.8. The van der Waals surface area contributed by atoms with Crippen molar-refractivity contribution in [2.24, 2.45) is 0 Å². The minimum Gasteiger partial charge on any atom is -0.388 e. The third-order valence-electron chi connectivity index (χ3n) is 2.75. The molecule has 0 radical (unpaired) electrons. The van der Waals surface area contributed by atoms with E-state index in [4.69, 9.17) is 0 Å². The number of aromatic nitrogens is 1. The van der Waals surface area contributed by atoms with Gasteiger partial charge in [0.25, 0.3) is 0 Å². The van der Waals surface area contributed by atoms with E-state index in [2.05, 4.69) is 4.98 Å². The quantitative estimate of drug-likeness (QED) is 0.831. The van der Waals surface area contributed by atoms with Crippen molar-refractivity contribution in [2.45, 2.75) is 24.9 Å². The minimum atomic E-state index is -0.805. The Balaban J connectivity index is 1.72. The average molecular weight is 288 g/mol. The first-order valence-corrected chi connectivity index (χ1v) is 7.72. The Labute approximate surface area is 114 Å². The summed E-state index contributed by atoms with van der Waals surface area (Å²) < 4.78 is 0. The van der Waals surface area contributed by atoms with E-state index in [9.17, 15) is 15.0 Å². The Morgan fingerprint density at radius 3 is 2.78 bits per heavy atom. The zero-order valence-electron chi connectivity index (χ0n) is 10.1.